The van der Waals surface area contributed by atoms with Crippen LogP contribution in [0.25, 0.3) is 11.3 Å². The van der Waals surface area contributed by atoms with Gasteiger partial charge in [0.15, 0.2) is 0 Å². The fourth-order valence-electron chi connectivity index (χ4n) is 2.61. The molecule has 0 fully saturated rings. The zero-order valence-corrected chi connectivity index (χ0v) is 13.9. The van der Waals surface area contributed by atoms with Crippen molar-refractivity contribution in [3.63, 3.8) is 0 Å². The van der Waals surface area contributed by atoms with Crippen molar-refractivity contribution in [2.45, 2.75) is 13.0 Å². The molecule has 2 aromatic carbocycles. The minimum atomic E-state index is -0.487. The lowest BCUT2D eigenvalue weighted by Gasteiger charge is -2.18. The predicted molar refractivity (Wildman–Crippen MR) is 95.9 cm³/mol. The lowest BCUT2D eigenvalue weighted by molar-refractivity contribution is 0.0916. The maximum absolute atomic E-state index is 12.8. The molecular weight excluding hydrogens is 314 g/mol. The molecule has 0 aliphatic carbocycles. The van der Waals surface area contributed by atoms with Crippen LogP contribution in [0.3, 0.4) is 0 Å². The predicted octanol–water partition coefficient (Wildman–Crippen LogP) is 2.92. The molecule has 3 rings (SSSR count). The van der Waals surface area contributed by atoms with Crippen molar-refractivity contribution in [2.75, 3.05) is 6.61 Å². The highest BCUT2D eigenvalue weighted by molar-refractivity contribution is 5.99. The number of hydrogen-bond acceptors (Lipinski definition) is 4. The van der Waals surface area contributed by atoms with Crippen molar-refractivity contribution in [1.82, 2.24) is 15.3 Å². The zero-order chi connectivity index (χ0) is 17.6. The molecule has 1 amide bonds. The highest BCUT2D eigenvalue weighted by Crippen LogP contribution is 2.22. The van der Waals surface area contributed by atoms with Crippen molar-refractivity contribution in [3.05, 3.63) is 83.8 Å². The van der Waals surface area contributed by atoms with Gasteiger partial charge in [-0.05, 0) is 12.5 Å². The molecule has 0 bridgehead atoms. The average molecular weight is 333 g/mol. The van der Waals surface area contributed by atoms with Crippen LogP contribution in [-0.4, -0.2) is 27.6 Å². The van der Waals surface area contributed by atoms with Crippen LogP contribution in [-0.2, 0) is 0 Å². The van der Waals surface area contributed by atoms with Crippen LogP contribution in [0.2, 0.25) is 0 Å². The smallest absolute Gasteiger partial charge is 0.255 e. The Balaban J connectivity index is 1.92. The molecule has 0 radical (unpaired) electrons. The summed E-state index contributed by atoms with van der Waals surface area (Å²) in [5, 5.41) is 12.5. The summed E-state index contributed by atoms with van der Waals surface area (Å²) in [7, 11) is 0. The molecule has 126 valence electrons. The molecule has 5 heteroatoms. The molecule has 1 atom stereocenters. The Kier molecular flexibility index (Phi) is 5.16. The third kappa shape index (κ3) is 3.89. The second-order valence-corrected chi connectivity index (χ2v) is 5.66. The van der Waals surface area contributed by atoms with Gasteiger partial charge in [-0.2, -0.15) is 0 Å². The normalized spacial score (nSPS) is 11.8. The zero-order valence-electron chi connectivity index (χ0n) is 13.9. The number of nitrogens with zero attached hydrogens (tertiary/aromatic N) is 2. The van der Waals surface area contributed by atoms with E-state index in [4.69, 9.17) is 0 Å². The van der Waals surface area contributed by atoms with E-state index in [1.807, 2.05) is 60.7 Å². The van der Waals surface area contributed by atoms with Gasteiger partial charge in [-0.3, -0.25) is 4.79 Å². The number of benzene rings is 2. The summed E-state index contributed by atoms with van der Waals surface area (Å²) in [6, 6.07) is 18.4. The molecule has 2 N–H and O–H groups in total. The third-order valence-corrected chi connectivity index (χ3v) is 3.89. The number of carbonyl (C=O) groups is 1. The maximum atomic E-state index is 12.8. The van der Waals surface area contributed by atoms with Gasteiger partial charge >= 0.3 is 0 Å². The van der Waals surface area contributed by atoms with Gasteiger partial charge in [-0.1, -0.05) is 60.7 Å². The minimum absolute atomic E-state index is 0.191. The fourth-order valence-corrected chi connectivity index (χ4v) is 2.61. The largest absolute Gasteiger partial charge is 0.394 e. The second-order valence-electron chi connectivity index (χ2n) is 5.66. The molecular formula is C20H19N3O2. The molecule has 1 heterocycles. The summed E-state index contributed by atoms with van der Waals surface area (Å²) >= 11 is 0. The molecule has 0 aliphatic heterocycles. The standard InChI is InChI=1S/C20H19N3O2/c1-14-21-12-17(19(22-14)16-10-6-3-7-11-16)20(25)23-18(13-24)15-8-4-2-5-9-15/h2-12,18,24H,13H2,1H3,(H,23,25). The van der Waals surface area contributed by atoms with E-state index in [0.717, 1.165) is 11.1 Å². The van der Waals surface area contributed by atoms with Crippen LogP contribution >= 0.6 is 0 Å². The molecule has 0 saturated heterocycles. The summed E-state index contributed by atoms with van der Waals surface area (Å²) in [6.07, 6.45) is 1.53. The summed E-state index contributed by atoms with van der Waals surface area (Å²) in [6.45, 7) is 1.60. The van der Waals surface area contributed by atoms with Crippen molar-refractivity contribution < 1.29 is 9.90 Å². The highest BCUT2D eigenvalue weighted by Gasteiger charge is 2.19. The quantitative estimate of drug-likeness (QED) is 0.753. The Morgan fingerprint density at radius 1 is 1.08 bits per heavy atom. The number of carbonyl (C=O) groups excluding carboxylic acids is 1. The van der Waals surface area contributed by atoms with Crippen LogP contribution in [0.5, 0.6) is 0 Å². The van der Waals surface area contributed by atoms with Gasteiger partial charge in [0.1, 0.15) is 5.82 Å². The molecule has 1 unspecified atom stereocenters. The summed E-state index contributed by atoms with van der Waals surface area (Å²) < 4.78 is 0. The highest BCUT2D eigenvalue weighted by atomic mass is 16.3. The lowest BCUT2D eigenvalue weighted by atomic mass is 10.0. The molecule has 25 heavy (non-hydrogen) atoms. The van der Waals surface area contributed by atoms with Gasteiger partial charge in [0, 0.05) is 11.8 Å². The number of aromatic nitrogens is 2. The number of rotatable bonds is 5. The van der Waals surface area contributed by atoms with Crippen LogP contribution < -0.4 is 5.32 Å². The monoisotopic (exact) mass is 333 g/mol. The van der Waals surface area contributed by atoms with Crippen LogP contribution in [0.15, 0.2) is 66.9 Å². The molecule has 1 aromatic heterocycles. The van der Waals surface area contributed by atoms with Gasteiger partial charge < -0.3 is 10.4 Å². The first-order valence-electron chi connectivity index (χ1n) is 8.05. The topological polar surface area (TPSA) is 75.1 Å². The Labute approximate surface area is 146 Å². The Morgan fingerprint density at radius 3 is 2.36 bits per heavy atom. The fraction of sp³-hybridized carbons (Fsp3) is 0.150. The second kappa shape index (κ2) is 7.68. The van der Waals surface area contributed by atoms with Crippen LogP contribution in [0.4, 0.5) is 0 Å². The van der Waals surface area contributed by atoms with E-state index in [0.29, 0.717) is 17.1 Å². The Hall–Kier alpha value is -3.05. The number of hydrogen-bond donors (Lipinski definition) is 2. The van der Waals surface area contributed by atoms with Gasteiger partial charge in [-0.25, -0.2) is 9.97 Å². The van der Waals surface area contributed by atoms with Gasteiger partial charge in [-0.15, -0.1) is 0 Å². The number of amides is 1. The third-order valence-electron chi connectivity index (χ3n) is 3.89. The number of nitrogens with one attached hydrogen (secondary N) is 1. The summed E-state index contributed by atoms with van der Waals surface area (Å²) in [5.74, 6) is 0.277. The maximum Gasteiger partial charge on any atom is 0.255 e. The number of aliphatic hydroxyl groups is 1. The molecule has 0 spiro atoms. The first-order valence-corrected chi connectivity index (χ1v) is 8.05. The number of aliphatic hydroxyl groups excluding tert-OH is 1. The van der Waals surface area contributed by atoms with Crippen molar-refractivity contribution in [1.29, 1.82) is 0 Å². The van der Waals surface area contributed by atoms with Crippen molar-refractivity contribution in [2.24, 2.45) is 0 Å². The van der Waals surface area contributed by atoms with Gasteiger partial charge in [0.2, 0.25) is 0 Å². The van der Waals surface area contributed by atoms with E-state index >= 15 is 0 Å². The first-order chi connectivity index (χ1) is 12.2. The lowest BCUT2D eigenvalue weighted by Crippen LogP contribution is -2.31. The van der Waals surface area contributed by atoms with E-state index < -0.39 is 6.04 Å². The molecule has 0 saturated carbocycles. The average Bonchev–Trinajstić information content (AvgIpc) is 2.67. The van der Waals surface area contributed by atoms with Crippen molar-refractivity contribution >= 4 is 5.91 Å². The van der Waals surface area contributed by atoms with Crippen LogP contribution in [0, 0.1) is 6.92 Å². The summed E-state index contributed by atoms with van der Waals surface area (Å²) in [5.41, 5.74) is 2.65. The van der Waals surface area contributed by atoms with Gasteiger partial charge in [0.25, 0.3) is 5.91 Å². The Morgan fingerprint density at radius 2 is 1.72 bits per heavy atom. The van der Waals surface area contributed by atoms with E-state index in [1.54, 1.807) is 6.92 Å². The number of aryl methyl sites for hydroxylation is 1. The Bertz CT molecular complexity index is 851. The minimum Gasteiger partial charge on any atom is -0.394 e. The molecule has 5 nitrogen and oxygen atoms in total. The summed E-state index contributed by atoms with van der Waals surface area (Å²) in [4.78, 5) is 21.4. The first kappa shape index (κ1) is 16.8. The van der Waals surface area contributed by atoms with Crippen molar-refractivity contribution in [3.8, 4) is 11.3 Å². The van der Waals surface area contributed by atoms with E-state index in [9.17, 15) is 9.90 Å². The SMILES string of the molecule is Cc1ncc(C(=O)NC(CO)c2ccccc2)c(-c2ccccc2)n1. The molecule has 3 aromatic rings. The van der Waals surface area contributed by atoms with Gasteiger partial charge in [0.05, 0.1) is 23.9 Å². The van der Waals surface area contributed by atoms with E-state index in [2.05, 4.69) is 15.3 Å². The van der Waals surface area contributed by atoms with E-state index in [-0.39, 0.29) is 12.5 Å². The van der Waals surface area contributed by atoms with E-state index in [1.165, 1.54) is 6.20 Å². The van der Waals surface area contributed by atoms with Crippen LogP contribution in [0.1, 0.15) is 27.8 Å². The molecule has 0 aliphatic rings.